The Bertz CT molecular complexity index is 979. The molecule has 0 bridgehead atoms. The molecule has 2 atom stereocenters. The Morgan fingerprint density at radius 1 is 0.722 bits per heavy atom. The minimum absolute atomic E-state index is 0.164. The molecule has 0 radical (unpaired) electrons. The molecule has 10 nitrogen and oxygen atoms in total. The second-order valence-electron chi connectivity index (χ2n) is 7.66. The molecule has 0 spiro atoms. The van der Waals surface area contributed by atoms with Crippen molar-refractivity contribution in [1.82, 2.24) is 9.80 Å². The summed E-state index contributed by atoms with van der Waals surface area (Å²) in [7, 11) is 2.74. The van der Waals surface area contributed by atoms with E-state index in [0.29, 0.717) is 0 Å². The number of amides is 2. The Morgan fingerprint density at radius 3 is 1.42 bits per heavy atom. The van der Waals surface area contributed by atoms with Crippen molar-refractivity contribution in [2.45, 2.75) is 26.4 Å². The molecule has 3 rings (SSSR count). The number of hydrogen-bond acceptors (Lipinski definition) is 8. The van der Waals surface area contributed by atoms with Crippen molar-refractivity contribution in [2.24, 2.45) is 0 Å². The van der Waals surface area contributed by atoms with Crippen LogP contribution in [0.1, 0.15) is 13.8 Å². The lowest BCUT2D eigenvalue weighted by Gasteiger charge is -2.34. The van der Waals surface area contributed by atoms with E-state index in [2.05, 4.69) is 0 Å². The predicted molar refractivity (Wildman–Crippen MR) is 122 cm³/mol. The monoisotopic (exact) mass is 510 g/mol. The fraction of sp³-hybridized carbons (Fsp3) is 0.417. The van der Waals surface area contributed by atoms with Crippen molar-refractivity contribution >= 4 is 12.2 Å². The number of benzene rings is 2. The summed E-state index contributed by atoms with van der Waals surface area (Å²) < 4.78 is 59.5. The summed E-state index contributed by atoms with van der Waals surface area (Å²) in [5, 5.41) is 0. The van der Waals surface area contributed by atoms with E-state index in [1.54, 1.807) is 0 Å². The van der Waals surface area contributed by atoms with E-state index in [9.17, 15) is 18.4 Å². The highest BCUT2D eigenvalue weighted by Crippen LogP contribution is 2.32. The molecule has 1 aliphatic heterocycles. The van der Waals surface area contributed by atoms with Gasteiger partial charge in [0.25, 0.3) is 0 Å². The quantitative estimate of drug-likeness (QED) is 0.492. The molecule has 196 valence electrons. The van der Waals surface area contributed by atoms with Gasteiger partial charge in [0.15, 0.2) is 23.1 Å². The minimum Gasteiger partial charge on any atom is -0.493 e. The SMILES string of the molecule is COc1cccc(F)c1O[C@@H](C)OC(=O)N1CCN(C(=O)O[C@H](C)Oc2c(F)cccc2OC)CC1. The molecule has 1 aliphatic rings. The first kappa shape index (κ1) is 26.6. The second kappa shape index (κ2) is 12.1. The predicted octanol–water partition coefficient (Wildman–Crippen LogP) is 4.02. The second-order valence-corrected chi connectivity index (χ2v) is 7.66. The molecule has 0 aromatic heterocycles. The number of carbonyl (C=O) groups is 2. The van der Waals surface area contributed by atoms with Crippen molar-refractivity contribution in [1.29, 1.82) is 0 Å². The van der Waals surface area contributed by atoms with Crippen molar-refractivity contribution in [3.8, 4) is 23.0 Å². The largest absolute Gasteiger partial charge is 0.493 e. The van der Waals surface area contributed by atoms with E-state index in [4.69, 9.17) is 28.4 Å². The van der Waals surface area contributed by atoms with Crippen LogP contribution in [0.3, 0.4) is 0 Å². The van der Waals surface area contributed by atoms with E-state index < -0.39 is 36.4 Å². The Balaban J connectivity index is 1.46. The first-order valence-corrected chi connectivity index (χ1v) is 11.1. The smallest absolute Gasteiger partial charge is 0.412 e. The molecule has 1 fully saturated rings. The third-order valence-corrected chi connectivity index (χ3v) is 5.20. The summed E-state index contributed by atoms with van der Waals surface area (Å²) in [5.41, 5.74) is 0. The van der Waals surface area contributed by atoms with Gasteiger partial charge in [-0.05, 0) is 24.3 Å². The third-order valence-electron chi connectivity index (χ3n) is 5.20. The molecule has 1 heterocycles. The van der Waals surface area contributed by atoms with Crippen molar-refractivity contribution in [2.75, 3.05) is 40.4 Å². The first-order chi connectivity index (χ1) is 17.2. The third kappa shape index (κ3) is 6.58. The molecule has 36 heavy (non-hydrogen) atoms. The van der Waals surface area contributed by atoms with E-state index in [-0.39, 0.29) is 49.2 Å². The minimum atomic E-state index is -1.10. The number of methoxy groups -OCH3 is 2. The number of halogens is 2. The van der Waals surface area contributed by atoms with Gasteiger partial charge >= 0.3 is 12.2 Å². The molecule has 0 N–H and O–H groups in total. The van der Waals surface area contributed by atoms with Crippen LogP contribution < -0.4 is 18.9 Å². The zero-order valence-corrected chi connectivity index (χ0v) is 20.4. The Morgan fingerprint density at radius 2 is 1.08 bits per heavy atom. The molecule has 0 unspecified atom stereocenters. The van der Waals surface area contributed by atoms with Gasteiger partial charge in [0, 0.05) is 40.0 Å². The lowest BCUT2D eigenvalue weighted by molar-refractivity contribution is -0.0503. The zero-order chi connectivity index (χ0) is 26.2. The number of ether oxygens (including phenoxy) is 6. The number of hydrogen-bond donors (Lipinski definition) is 0. The summed E-state index contributed by atoms with van der Waals surface area (Å²) in [5.74, 6) is -1.32. The normalized spacial score (nSPS) is 14.9. The van der Waals surface area contributed by atoms with Gasteiger partial charge in [-0.15, -0.1) is 0 Å². The molecule has 0 saturated carbocycles. The fourth-order valence-corrected chi connectivity index (χ4v) is 3.41. The standard InChI is InChI=1S/C24H28F2N2O8/c1-15(33-21-17(25)7-5-9-19(21)31-3)35-23(29)27-11-13-28(14-12-27)24(30)36-16(2)34-22-18(26)8-6-10-20(22)32-4/h5-10,15-16H,11-14H2,1-4H3/t15-,16-/m1/s1. The molecular formula is C24H28F2N2O8. The molecule has 1 saturated heterocycles. The average molecular weight is 510 g/mol. The Kier molecular flexibility index (Phi) is 8.98. The lowest BCUT2D eigenvalue weighted by atomic mass is 10.3. The van der Waals surface area contributed by atoms with E-state index in [0.717, 1.165) is 0 Å². The van der Waals surface area contributed by atoms with Crippen LogP contribution in [0.4, 0.5) is 18.4 Å². The van der Waals surface area contributed by atoms with Gasteiger partial charge in [-0.1, -0.05) is 12.1 Å². The zero-order valence-electron chi connectivity index (χ0n) is 20.4. The summed E-state index contributed by atoms with van der Waals surface area (Å²) in [6.07, 6.45) is -3.57. The number of para-hydroxylation sites is 2. The maximum Gasteiger partial charge on any atom is 0.412 e. The van der Waals surface area contributed by atoms with Gasteiger partial charge in [-0.25, -0.2) is 18.4 Å². The van der Waals surface area contributed by atoms with E-state index >= 15 is 0 Å². The summed E-state index contributed by atoms with van der Waals surface area (Å²) in [6.45, 7) is 3.56. The summed E-state index contributed by atoms with van der Waals surface area (Å²) in [6, 6.07) is 8.36. The van der Waals surface area contributed by atoms with Crippen molar-refractivity contribution in [3.05, 3.63) is 48.0 Å². The summed E-state index contributed by atoms with van der Waals surface area (Å²) in [4.78, 5) is 27.7. The maximum atomic E-state index is 14.0. The number of carbonyl (C=O) groups excluding carboxylic acids is 2. The topological polar surface area (TPSA) is 96.0 Å². The summed E-state index contributed by atoms with van der Waals surface area (Å²) >= 11 is 0. The highest BCUT2D eigenvalue weighted by Gasteiger charge is 2.29. The molecular weight excluding hydrogens is 482 g/mol. The van der Waals surface area contributed by atoms with Gasteiger partial charge in [0.2, 0.25) is 24.1 Å². The van der Waals surface area contributed by atoms with E-state index in [1.807, 2.05) is 0 Å². The van der Waals surface area contributed by atoms with Crippen molar-refractivity contribution in [3.63, 3.8) is 0 Å². The van der Waals surface area contributed by atoms with Crippen molar-refractivity contribution < 1.29 is 46.8 Å². The van der Waals surface area contributed by atoms with Gasteiger partial charge in [-0.2, -0.15) is 0 Å². The van der Waals surface area contributed by atoms with Crippen LogP contribution in [0.15, 0.2) is 36.4 Å². The van der Waals surface area contributed by atoms with Crippen LogP contribution in [0.2, 0.25) is 0 Å². The van der Waals surface area contributed by atoms with Gasteiger partial charge in [0.1, 0.15) is 0 Å². The van der Waals surface area contributed by atoms with Crippen LogP contribution >= 0.6 is 0 Å². The number of piperazine rings is 1. The number of rotatable bonds is 8. The van der Waals surface area contributed by atoms with Gasteiger partial charge in [-0.3, -0.25) is 0 Å². The molecule has 2 amide bonds. The van der Waals surface area contributed by atoms with E-state index in [1.165, 1.54) is 74.3 Å². The molecule has 12 heteroatoms. The molecule has 2 aromatic rings. The van der Waals surface area contributed by atoms with Crippen LogP contribution in [-0.2, 0) is 9.47 Å². The highest BCUT2D eigenvalue weighted by atomic mass is 19.1. The maximum absolute atomic E-state index is 14.0. The highest BCUT2D eigenvalue weighted by molar-refractivity contribution is 5.70. The molecule has 0 aliphatic carbocycles. The Hall–Kier alpha value is -3.96. The first-order valence-electron chi connectivity index (χ1n) is 11.1. The van der Waals surface area contributed by atoms with Gasteiger partial charge < -0.3 is 38.2 Å². The van der Waals surface area contributed by atoms with Gasteiger partial charge in [0.05, 0.1) is 14.2 Å². The average Bonchev–Trinajstić information content (AvgIpc) is 2.86. The van der Waals surface area contributed by atoms with Crippen LogP contribution in [0, 0.1) is 11.6 Å². The molecule has 2 aromatic carbocycles. The fourth-order valence-electron chi connectivity index (χ4n) is 3.41. The van der Waals surface area contributed by atoms with Crippen LogP contribution in [-0.4, -0.2) is 75.0 Å². The number of nitrogens with zero attached hydrogens (tertiary/aromatic N) is 2. The lowest BCUT2D eigenvalue weighted by Crippen LogP contribution is -2.51. The van der Waals surface area contributed by atoms with Crippen LogP contribution in [0.5, 0.6) is 23.0 Å². The Labute approximate surface area is 207 Å². The van der Waals surface area contributed by atoms with Crippen LogP contribution in [0.25, 0.3) is 0 Å².